The second-order valence-corrected chi connectivity index (χ2v) is 5.50. The maximum absolute atomic E-state index is 10.1. The van der Waals surface area contributed by atoms with Crippen molar-refractivity contribution in [3.63, 3.8) is 0 Å². The SMILES string of the molecule is CCc1nc(CC)n(CC(O)COCc2ccccc2Cl)n1. The van der Waals surface area contributed by atoms with Crippen LogP contribution in [0, 0.1) is 0 Å². The number of hydrogen-bond donors (Lipinski definition) is 1. The lowest BCUT2D eigenvalue weighted by Crippen LogP contribution is -2.23. The number of hydrogen-bond acceptors (Lipinski definition) is 4. The van der Waals surface area contributed by atoms with Crippen LogP contribution in [0.4, 0.5) is 0 Å². The van der Waals surface area contributed by atoms with Crippen LogP contribution in [0.5, 0.6) is 0 Å². The van der Waals surface area contributed by atoms with Crippen molar-refractivity contribution in [2.24, 2.45) is 0 Å². The summed E-state index contributed by atoms with van der Waals surface area (Å²) >= 11 is 6.06. The van der Waals surface area contributed by atoms with E-state index in [9.17, 15) is 5.11 Å². The van der Waals surface area contributed by atoms with Gasteiger partial charge in [0.05, 0.1) is 25.9 Å². The molecular formula is C16H22ClN3O2. The summed E-state index contributed by atoms with van der Waals surface area (Å²) in [6.45, 7) is 5.05. The van der Waals surface area contributed by atoms with E-state index in [4.69, 9.17) is 16.3 Å². The third-order valence-electron chi connectivity index (χ3n) is 3.33. The molecule has 1 atom stereocenters. The lowest BCUT2D eigenvalue weighted by molar-refractivity contribution is 0.0182. The average molecular weight is 324 g/mol. The Labute approximate surface area is 135 Å². The standard InChI is InChI=1S/C16H22ClN3O2/c1-3-15-18-16(4-2)20(19-15)9-13(21)11-22-10-12-7-5-6-8-14(12)17/h5-8,13,21H,3-4,9-11H2,1-2H3. The molecule has 0 saturated heterocycles. The molecule has 5 nitrogen and oxygen atoms in total. The van der Waals surface area contributed by atoms with Crippen LogP contribution in [0.25, 0.3) is 0 Å². The number of nitrogens with zero attached hydrogens (tertiary/aromatic N) is 3. The number of aryl methyl sites for hydroxylation is 2. The van der Waals surface area contributed by atoms with Gasteiger partial charge in [-0.25, -0.2) is 9.67 Å². The summed E-state index contributed by atoms with van der Waals surface area (Å²) in [4.78, 5) is 4.42. The molecule has 0 saturated carbocycles. The van der Waals surface area contributed by atoms with Crippen LogP contribution >= 0.6 is 11.6 Å². The van der Waals surface area contributed by atoms with Crippen LogP contribution in [0.15, 0.2) is 24.3 Å². The molecule has 0 spiro atoms. The number of aromatic nitrogens is 3. The summed E-state index contributed by atoms with van der Waals surface area (Å²) in [5.74, 6) is 1.70. The predicted molar refractivity (Wildman–Crippen MR) is 85.9 cm³/mol. The average Bonchev–Trinajstić information content (AvgIpc) is 2.91. The molecule has 0 radical (unpaired) electrons. The minimum absolute atomic E-state index is 0.232. The van der Waals surface area contributed by atoms with Gasteiger partial charge in [-0.15, -0.1) is 0 Å². The van der Waals surface area contributed by atoms with Crippen molar-refractivity contribution in [1.29, 1.82) is 0 Å². The summed E-state index contributed by atoms with van der Waals surface area (Å²) in [6, 6.07) is 7.53. The van der Waals surface area contributed by atoms with Gasteiger partial charge >= 0.3 is 0 Å². The minimum Gasteiger partial charge on any atom is -0.389 e. The Morgan fingerprint density at radius 3 is 2.73 bits per heavy atom. The van der Waals surface area contributed by atoms with Crippen LogP contribution in [0.2, 0.25) is 5.02 Å². The maximum atomic E-state index is 10.1. The third kappa shape index (κ3) is 4.53. The maximum Gasteiger partial charge on any atom is 0.150 e. The van der Waals surface area contributed by atoms with E-state index in [1.165, 1.54) is 0 Å². The van der Waals surface area contributed by atoms with Gasteiger partial charge in [0.15, 0.2) is 5.82 Å². The van der Waals surface area contributed by atoms with E-state index in [0.717, 1.165) is 30.1 Å². The van der Waals surface area contributed by atoms with Gasteiger partial charge in [0.25, 0.3) is 0 Å². The molecule has 0 aliphatic carbocycles. The lowest BCUT2D eigenvalue weighted by Gasteiger charge is -2.13. The lowest BCUT2D eigenvalue weighted by atomic mass is 10.2. The fraction of sp³-hybridized carbons (Fsp3) is 0.500. The molecule has 1 aromatic carbocycles. The van der Waals surface area contributed by atoms with Gasteiger partial charge in [-0.05, 0) is 11.6 Å². The smallest absolute Gasteiger partial charge is 0.150 e. The van der Waals surface area contributed by atoms with Crippen molar-refractivity contribution < 1.29 is 9.84 Å². The quantitative estimate of drug-likeness (QED) is 0.811. The third-order valence-corrected chi connectivity index (χ3v) is 3.70. The first-order chi connectivity index (χ1) is 10.6. The summed E-state index contributed by atoms with van der Waals surface area (Å²) in [5.41, 5.74) is 0.916. The van der Waals surface area contributed by atoms with Crippen molar-refractivity contribution in [3.05, 3.63) is 46.5 Å². The van der Waals surface area contributed by atoms with Gasteiger partial charge in [-0.1, -0.05) is 43.6 Å². The molecule has 2 aromatic rings. The van der Waals surface area contributed by atoms with Crippen molar-refractivity contribution in [3.8, 4) is 0 Å². The highest BCUT2D eigenvalue weighted by Gasteiger charge is 2.12. The first kappa shape index (κ1) is 16.9. The monoisotopic (exact) mass is 323 g/mol. The number of rotatable bonds is 8. The highest BCUT2D eigenvalue weighted by Crippen LogP contribution is 2.15. The highest BCUT2D eigenvalue weighted by atomic mass is 35.5. The fourth-order valence-electron chi connectivity index (χ4n) is 2.16. The molecule has 1 N–H and O–H groups in total. The molecule has 120 valence electrons. The van der Waals surface area contributed by atoms with Crippen LogP contribution in [-0.2, 0) is 30.7 Å². The van der Waals surface area contributed by atoms with Gasteiger partial charge in [0.1, 0.15) is 5.82 Å². The molecule has 1 aromatic heterocycles. The van der Waals surface area contributed by atoms with Gasteiger partial charge in [0, 0.05) is 17.9 Å². The van der Waals surface area contributed by atoms with E-state index in [1.807, 2.05) is 38.1 Å². The van der Waals surface area contributed by atoms with Crippen LogP contribution in [0.1, 0.15) is 31.1 Å². The molecule has 2 rings (SSSR count). The normalized spacial score (nSPS) is 12.5. The number of aliphatic hydroxyl groups excluding tert-OH is 1. The Kier molecular flexibility index (Phi) is 6.36. The van der Waals surface area contributed by atoms with E-state index in [1.54, 1.807) is 4.68 Å². The zero-order valence-corrected chi connectivity index (χ0v) is 13.8. The zero-order chi connectivity index (χ0) is 15.9. The van der Waals surface area contributed by atoms with E-state index in [-0.39, 0.29) is 6.61 Å². The Hall–Kier alpha value is -1.43. The number of aliphatic hydroxyl groups is 1. The van der Waals surface area contributed by atoms with Gasteiger partial charge < -0.3 is 9.84 Å². The van der Waals surface area contributed by atoms with Crippen molar-refractivity contribution >= 4 is 11.6 Å². The van der Waals surface area contributed by atoms with Crippen molar-refractivity contribution in [2.45, 2.75) is 45.9 Å². The first-order valence-corrected chi connectivity index (χ1v) is 7.93. The zero-order valence-electron chi connectivity index (χ0n) is 13.0. The molecule has 0 aliphatic rings. The van der Waals surface area contributed by atoms with Crippen LogP contribution in [0.3, 0.4) is 0 Å². The van der Waals surface area contributed by atoms with Crippen molar-refractivity contribution in [1.82, 2.24) is 14.8 Å². The van der Waals surface area contributed by atoms with E-state index in [2.05, 4.69) is 10.1 Å². The summed E-state index contributed by atoms with van der Waals surface area (Å²) in [6.07, 6.45) is 0.957. The van der Waals surface area contributed by atoms with E-state index < -0.39 is 6.10 Å². The predicted octanol–water partition coefficient (Wildman–Crippen LogP) is 2.63. The second-order valence-electron chi connectivity index (χ2n) is 5.09. The number of halogens is 1. The molecule has 0 fully saturated rings. The summed E-state index contributed by atoms with van der Waals surface area (Å²) in [7, 11) is 0. The summed E-state index contributed by atoms with van der Waals surface area (Å²) < 4.78 is 7.31. The Morgan fingerprint density at radius 1 is 1.27 bits per heavy atom. The minimum atomic E-state index is -0.626. The molecule has 1 unspecified atom stereocenters. The van der Waals surface area contributed by atoms with Crippen LogP contribution < -0.4 is 0 Å². The Bertz CT molecular complexity index is 601. The number of ether oxygens (including phenoxy) is 1. The highest BCUT2D eigenvalue weighted by molar-refractivity contribution is 6.31. The second kappa shape index (κ2) is 8.27. The van der Waals surface area contributed by atoms with Gasteiger partial charge in [0.2, 0.25) is 0 Å². The Balaban J connectivity index is 1.84. The van der Waals surface area contributed by atoms with Gasteiger partial charge in [-0.3, -0.25) is 0 Å². The fourth-order valence-corrected chi connectivity index (χ4v) is 2.35. The molecule has 0 bridgehead atoms. The van der Waals surface area contributed by atoms with E-state index >= 15 is 0 Å². The molecular weight excluding hydrogens is 302 g/mol. The molecule has 22 heavy (non-hydrogen) atoms. The summed E-state index contributed by atoms with van der Waals surface area (Å²) in [5, 5.41) is 15.2. The largest absolute Gasteiger partial charge is 0.389 e. The van der Waals surface area contributed by atoms with Gasteiger partial charge in [-0.2, -0.15) is 5.10 Å². The molecule has 1 heterocycles. The molecule has 6 heteroatoms. The van der Waals surface area contributed by atoms with Crippen molar-refractivity contribution in [2.75, 3.05) is 6.61 Å². The molecule has 0 aliphatic heterocycles. The number of benzene rings is 1. The first-order valence-electron chi connectivity index (χ1n) is 7.55. The van der Waals surface area contributed by atoms with E-state index in [0.29, 0.717) is 18.2 Å². The topological polar surface area (TPSA) is 60.2 Å². The Morgan fingerprint density at radius 2 is 2.05 bits per heavy atom. The molecule has 0 amide bonds. The van der Waals surface area contributed by atoms with Crippen LogP contribution in [-0.4, -0.2) is 32.6 Å².